The van der Waals surface area contributed by atoms with E-state index < -0.39 is 50.7 Å². The number of hydrogen-bond donors (Lipinski definition) is 2. The van der Waals surface area contributed by atoms with E-state index in [9.17, 15) is 28.6 Å². The van der Waals surface area contributed by atoms with Crippen molar-refractivity contribution in [3.05, 3.63) is 35.9 Å². The van der Waals surface area contributed by atoms with Gasteiger partial charge in [0.2, 0.25) is 0 Å². The number of carbonyl (C=O) groups excluding carboxylic acids is 3. The maximum Gasteiger partial charge on any atom is 0.437 e. The van der Waals surface area contributed by atoms with Crippen LogP contribution in [0.4, 0.5) is 4.79 Å². The maximum atomic E-state index is 12.2. The highest BCUT2D eigenvalue weighted by Gasteiger charge is 2.40. The first-order valence-electron chi connectivity index (χ1n) is 8.03. The highest BCUT2D eigenvalue weighted by molar-refractivity contribution is 7.51. The molecule has 0 spiro atoms. The zero-order valence-electron chi connectivity index (χ0n) is 15.7. The second-order valence-corrected chi connectivity index (χ2v) is 7.43. The van der Waals surface area contributed by atoms with Crippen molar-refractivity contribution in [1.82, 2.24) is 4.67 Å². The second-order valence-electron chi connectivity index (χ2n) is 5.60. The van der Waals surface area contributed by atoms with Crippen LogP contribution in [0.3, 0.4) is 0 Å². The van der Waals surface area contributed by atoms with Crippen LogP contribution in [0, 0.1) is 0 Å². The lowest BCUT2D eigenvalue weighted by Crippen LogP contribution is -2.41. The molecule has 0 aliphatic rings. The Morgan fingerprint density at radius 1 is 1.07 bits per heavy atom. The highest BCUT2D eigenvalue weighted by atomic mass is 31.2. The third-order valence-corrected chi connectivity index (χ3v) is 4.40. The summed E-state index contributed by atoms with van der Waals surface area (Å²) in [6.07, 6.45) is -4.71. The molecule has 29 heavy (non-hydrogen) atoms. The first kappa shape index (κ1) is 24.1. The average molecular weight is 433 g/mol. The number of carboxylic acid groups (broad SMARTS) is 1. The molecule has 1 aromatic rings. The molecule has 2 N–H and O–H groups in total. The fourth-order valence-corrected chi connectivity index (χ4v) is 2.53. The first-order valence-corrected chi connectivity index (χ1v) is 9.56. The average Bonchev–Trinajstić information content (AvgIpc) is 2.65. The summed E-state index contributed by atoms with van der Waals surface area (Å²) in [5.41, 5.74) is 0.0120. The lowest BCUT2D eigenvalue weighted by Gasteiger charge is -2.25. The molecule has 1 aromatic carbocycles. The third kappa shape index (κ3) is 7.53. The Balaban J connectivity index is 3.09. The quantitative estimate of drug-likeness (QED) is 0.328. The van der Waals surface area contributed by atoms with Crippen molar-refractivity contribution in [1.29, 1.82) is 0 Å². The molecule has 160 valence electrons. The summed E-state index contributed by atoms with van der Waals surface area (Å²) in [6, 6.07) is 7.37. The van der Waals surface area contributed by atoms with Gasteiger partial charge in [-0.15, -0.1) is 0 Å². The van der Waals surface area contributed by atoms with E-state index in [0.717, 1.165) is 7.11 Å². The predicted molar refractivity (Wildman–Crippen MR) is 94.5 cm³/mol. The molecule has 0 bridgehead atoms. The molecule has 0 aliphatic heterocycles. The van der Waals surface area contributed by atoms with Crippen LogP contribution in [0.15, 0.2) is 30.3 Å². The molecule has 0 aromatic heterocycles. The van der Waals surface area contributed by atoms with Gasteiger partial charge in [-0.1, -0.05) is 18.2 Å². The standard InChI is InChI=1S/C16H20NO11P/c1-10(2)26-14(21)15(27-13(20)11-7-5-4-6-8-11)28-16(22)17(9-12(18)19)29(23,24)25-3/h4-8,10,15H,9H2,1-3H3,(H,18,19)(H,23,24). The minimum Gasteiger partial charge on any atom is -0.480 e. The van der Waals surface area contributed by atoms with Crippen molar-refractivity contribution in [2.45, 2.75) is 26.2 Å². The summed E-state index contributed by atoms with van der Waals surface area (Å²) in [4.78, 5) is 57.1. The van der Waals surface area contributed by atoms with Crippen LogP contribution in [0.2, 0.25) is 0 Å². The molecule has 12 nitrogen and oxygen atoms in total. The van der Waals surface area contributed by atoms with Gasteiger partial charge in [0.05, 0.1) is 11.7 Å². The minimum atomic E-state index is -4.91. The van der Waals surface area contributed by atoms with Gasteiger partial charge in [-0.25, -0.2) is 23.6 Å². The molecule has 0 saturated carbocycles. The van der Waals surface area contributed by atoms with E-state index >= 15 is 0 Å². The van der Waals surface area contributed by atoms with Gasteiger partial charge in [-0.05, 0) is 26.0 Å². The van der Waals surface area contributed by atoms with Crippen molar-refractivity contribution in [2.75, 3.05) is 13.7 Å². The Kier molecular flexibility index (Phi) is 8.77. The highest BCUT2D eigenvalue weighted by Crippen LogP contribution is 2.45. The molecule has 1 rings (SSSR count). The summed E-state index contributed by atoms with van der Waals surface area (Å²) in [5.74, 6) is -4.03. The normalized spacial score (nSPS) is 13.7. The van der Waals surface area contributed by atoms with Crippen molar-refractivity contribution >= 4 is 31.7 Å². The monoisotopic (exact) mass is 433 g/mol. The van der Waals surface area contributed by atoms with Crippen LogP contribution in [-0.4, -0.2) is 64.7 Å². The Hall–Kier alpha value is -2.95. The van der Waals surface area contributed by atoms with Crippen LogP contribution in [0.5, 0.6) is 0 Å². The maximum absolute atomic E-state index is 12.2. The van der Waals surface area contributed by atoms with Crippen LogP contribution < -0.4 is 0 Å². The zero-order chi connectivity index (χ0) is 22.2. The second kappa shape index (κ2) is 10.6. The molecule has 2 unspecified atom stereocenters. The smallest absolute Gasteiger partial charge is 0.437 e. The Bertz CT molecular complexity index is 795. The van der Waals surface area contributed by atoms with Gasteiger partial charge in [-0.3, -0.25) is 9.32 Å². The van der Waals surface area contributed by atoms with Gasteiger partial charge in [0.15, 0.2) is 0 Å². The molecule has 0 aliphatic carbocycles. The molecule has 0 saturated heterocycles. The van der Waals surface area contributed by atoms with Crippen molar-refractivity contribution < 1.29 is 52.5 Å². The fraction of sp³-hybridized carbons (Fsp3) is 0.375. The number of benzene rings is 1. The Morgan fingerprint density at radius 2 is 1.66 bits per heavy atom. The van der Waals surface area contributed by atoms with Crippen LogP contribution in [0.25, 0.3) is 0 Å². The van der Waals surface area contributed by atoms with Gasteiger partial charge in [-0.2, -0.15) is 0 Å². The van der Waals surface area contributed by atoms with E-state index in [0.29, 0.717) is 0 Å². The van der Waals surface area contributed by atoms with E-state index in [1.807, 2.05) is 0 Å². The summed E-state index contributed by atoms with van der Waals surface area (Å²) >= 11 is 0. The SMILES string of the molecule is COP(=O)(O)N(CC(=O)O)C(=O)OC(OC(=O)c1ccccc1)C(=O)OC(C)C. The number of amides is 1. The molecule has 2 atom stereocenters. The summed E-state index contributed by atoms with van der Waals surface area (Å²) in [5, 5.41) is 8.83. The molecule has 1 amide bonds. The van der Waals surface area contributed by atoms with E-state index in [1.54, 1.807) is 6.07 Å². The minimum absolute atomic E-state index is 0.0120. The van der Waals surface area contributed by atoms with Crippen LogP contribution in [0.1, 0.15) is 24.2 Å². The number of aliphatic carboxylic acids is 1. The van der Waals surface area contributed by atoms with Gasteiger partial charge in [0.1, 0.15) is 6.54 Å². The van der Waals surface area contributed by atoms with Crippen molar-refractivity contribution in [2.24, 2.45) is 0 Å². The Labute approximate surface area is 165 Å². The number of rotatable bonds is 9. The summed E-state index contributed by atoms with van der Waals surface area (Å²) < 4.78 is 30.3. The molecule has 0 radical (unpaired) electrons. The van der Waals surface area contributed by atoms with E-state index in [2.05, 4.69) is 9.26 Å². The molecule has 13 heteroatoms. The third-order valence-electron chi connectivity index (χ3n) is 3.01. The summed E-state index contributed by atoms with van der Waals surface area (Å²) in [7, 11) is -4.16. The number of hydrogen-bond acceptors (Lipinski definition) is 9. The fourth-order valence-electron chi connectivity index (χ4n) is 1.78. The van der Waals surface area contributed by atoms with Gasteiger partial charge in [0.25, 0.3) is 0 Å². The molecular weight excluding hydrogens is 413 g/mol. The number of nitrogens with zero attached hydrogens (tertiary/aromatic N) is 1. The number of carbonyl (C=O) groups is 4. The Morgan fingerprint density at radius 3 is 2.14 bits per heavy atom. The van der Waals surface area contributed by atoms with Crippen molar-refractivity contribution in [3.63, 3.8) is 0 Å². The molecular formula is C16H20NO11P. The number of ether oxygens (including phenoxy) is 3. The van der Waals surface area contributed by atoms with Crippen LogP contribution in [-0.2, 0) is 32.9 Å². The number of esters is 2. The lowest BCUT2D eigenvalue weighted by atomic mass is 10.2. The van der Waals surface area contributed by atoms with Crippen molar-refractivity contribution in [3.8, 4) is 0 Å². The van der Waals surface area contributed by atoms with E-state index in [4.69, 9.17) is 14.6 Å². The van der Waals surface area contributed by atoms with Gasteiger partial charge >= 0.3 is 38.0 Å². The van der Waals surface area contributed by atoms with Gasteiger partial charge < -0.3 is 24.2 Å². The first-order chi connectivity index (χ1) is 13.5. The van der Waals surface area contributed by atoms with E-state index in [-0.39, 0.29) is 10.2 Å². The van der Waals surface area contributed by atoms with Gasteiger partial charge in [0, 0.05) is 7.11 Å². The topological polar surface area (TPSA) is 166 Å². The predicted octanol–water partition coefficient (Wildman–Crippen LogP) is 1.39. The zero-order valence-corrected chi connectivity index (χ0v) is 16.6. The summed E-state index contributed by atoms with van der Waals surface area (Å²) in [6.45, 7) is 1.65. The lowest BCUT2D eigenvalue weighted by molar-refractivity contribution is -0.178. The van der Waals surface area contributed by atoms with Crippen LogP contribution >= 0.6 is 7.75 Å². The number of carboxylic acids is 1. The largest absolute Gasteiger partial charge is 0.480 e. The molecule has 0 heterocycles. The van der Waals surface area contributed by atoms with E-state index in [1.165, 1.54) is 38.1 Å². The molecule has 0 fully saturated rings.